The van der Waals surface area contributed by atoms with E-state index in [1.807, 2.05) is 36.5 Å². The molecule has 0 aromatic carbocycles. The van der Waals surface area contributed by atoms with Gasteiger partial charge in [0.25, 0.3) is 10.1 Å². The van der Waals surface area contributed by atoms with Gasteiger partial charge in [0, 0.05) is 12.8 Å². The van der Waals surface area contributed by atoms with E-state index in [-0.39, 0.29) is 19.4 Å². The molecule has 1 rings (SSSR count). The summed E-state index contributed by atoms with van der Waals surface area (Å²) in [5.74, 6) is -2.01. The molecule has 0 bridgehead atoms. The van der Waals surface area contributed by atoms with E-state index in [9.17, 15) is 37.9 Å². The first-order valence-electron chi connectivity index (χ1n) is 24.7. The van der Waals surface area contributed by atoms with Crippen molar-refractivity contribution in [3.8, 4) is 0 Å². The van der Waals surface area contributed by atoms with Gasteiger partial charge in [0.2, 0.25) is 0 Å². The molecule has 2 unspecified atom stereocenters. The predicted molar refractivity (Wildman–Crippen MR) is 252 cm³/mol. The zero-order valence-electron chi connectivity index (χ0n) is 39.2. The van der Waals surface area contributed by atoms with Gasteiger partial charge in [0.05, 0.1) is 6.61 Å². The third kappa shape index (κ3) is 34.6. The Bertz CT molecular complexity index is 1350. The van der Waals surface area contributed by atoms with Gasteiger partial charge in [-0.1, -0.05) is 204 Å². The van der Waals surface area contributed by atoms with E-state index in [0.717, 1.165) is 57.8 Å². The molecule has 0 aliphatic carbocycles. The maximum Gasteiger partial charge on any atom is 0.306 e. The second kappa shape index (κ2) is 39.9. The van der Waals surface area contributed by atoms with Crippen LogP contribution in [0.15, 0.2) is 48.6 Å². The minimum atomic E-state index is -4.61. The van der Waals surface area contributed by atoms with Crippen molar-refractivity contribution in [1.82, 2.24) is 0 Å². The van der Waals surface area contributed by atoms with Crippen molar-refractivity contribution in [2.45, 2.75) is 237 Å². The highest BCUT2D eigenvalue weighted by Gasteiger charge is 2.46. The zero-order valence-corrected chi connectivity index (χ0v) is 40.0. The van der Waals surface area contributed by atoms with E-state index in [1.54, 1.807) is 0 Å². The van der Waals surface area contributed by atoms with Gasteiger partial charge in [0.1, 0.15) is 36.8 Å². The predicted octanol–water partition coefficient (Wildman–Crippen LogP) is 10.7. The summed E-state index contributed by atoms with van der Waals surface area (Å²) < 4.78 is 54.1. The number of aliphatic hydroxyl groups is 3. The fourth-order valence-electron chi connectivity index (χ4n) is 7.45. The Kier molecular flexibility index (Phi) is 37.2. The Morgan fingerprint density at radius 2 is 1.00 bits per heavy atom. The van der Waals surface area contributed by atoms with Crippen molar-refractivity contribution in [3.63, 3.8) is 0 Å². The molecule has 0 spiro atoms. The molecule has 13 heteroatoms. The molecule has 4 N–H and O–H groups in total. The molecule has 63 heavy (non-hydrogen) atoms. The summed E-state index contributed by atoms with van der Waals surface area (Å²) in [4.78, 5) is 25.5. The Labute approximate surface area is 382 Å². The lowest BCUT2D eigenvalue weighted by molar-refractivity contribution is -0.297. The molecule has 1 saturated heterocycles. The van der Waals surface area contributed by atoms with Crippen LogP contribution in [-0.4, -0.2) is 96.0 Å². The summed E-state index contributed by atoms with van der Waals surface area (Å²) in [6, 6.07) is 0. The average molecular weight is 913 g/mol. The van der Waals surface area contributed by atoms with Crippen LogP contribution in [-0.2, 0) is 38.7 Å². The van der Waals surface area contributed by atoms with Crippen molar-refractivity contribution < 1.29 is 56.8 Å². The number of esters is 2. The fraction of sp³-hybridized carbons (Fsp3) is 0.800. The Hall–Kier alpha value is -2.39. The molecule has 0 radical (unpaired) electrons. The SMILES string of the molecule is CC/C=C/C=C/C=C/C=C/CCCCCCCC(=O)O[C@H](COC(=O)CCCCCCCCCCCCCCCCCCCCCC)CO[C@H]1O[C@H](CS(=O)(=O)O)[C@@H](O)C(O)C1O. The molecule has 366 valence electrons. The monoisotopic (exact) mass is 913 g/mol. The first kappa shape index (κ1) is 58.6. The highest BCUT2D eigenvalue weighted by atomic mass is 32.2. The van der Waals surface area contributed by atoms with Crippen molar-refractivity contribution in [2.24, 2.45) is 0 Å². The molecule has 0 aromatic rings. The molecule has 1 aliphatic heterocycles. The lowest BCUT2D eigenvalue weighted by atomic mass is 10.00. The van der Waals surface area contributed by atoms with Crippen LogP contribution in [0.25, 0.3) is 0 Å². The third-order valence-electron chi connectivity index (χ3n) is 11.3. The second-order valence-electron chi connectivity index (χ2n) is 17.2. The highest BCUT2D eigenvalue weighted by Crippen LogP contribution is 2.24. The van der Waals surface area contributed by atoms with Gasteiger partial charge in [-0.15, -0.1) is 0 Å². The molecule has 12 nitrogen and oxygen atoms in total. The molecule has 0 amide bonds. The van der Waals surface area contributed by atoms with Gasteiger partial charge < -0.3 is 34.3 Å². The van der Waals surface area contributed by atoms with Crippen molar-refractivity contribution >= 4 is 22.1 Å². The molecule has 1 heterocycles. The summed E-state index contributed by atoms with van der Waals surface area (Å²) in [7, 11) is -4.61. The minimum Gasteiger partial charge on any atom is -0.462 e. The van der Waals surface area contributed by atoms with Crippen LogP contribution >= 0.6 is 0 Å². The number of hydrogen-bond acceptors (Lipinski definition) is 11. The number of allylic oxidation sites excluding steroid dienone is 8. The lowest BCUT2D eigenvalue weighted by Gasteiger charge is -2.40. The molecule has 1 fully saturated rings. The average Bonchev–Trinajstić information content (AvgIpc) is 3.25. The summed E-state index contributed by atoms with van der Waals surface area (Å²) in [5, 5.41) is 30.9. The maximum absolute atomic E-state index is 12.8. The number of rotatable bonds is 41. The summed E-state index contributed by atoms with van der Waals surface area (Å²) >= 11 is 0. The summed E-state index contributed by atoms with van der Waals surface area (Å²) in [6.07, 6.45) is 38.7. The van der Waals surface area contributed by atoms with E-state index >= 15 is 0 Å². The quantitative estimate of drug-likeness (QED) is 0.0197. The molecular formula is C50H88O12S. The van der Waals surface area contributed by atoms with E-state index in [2.05, 4.69) is 26.0 Å². The van der Waals surface area contributed by atoms with Crippen molar-refractivity contribution in [2.75, 3.05) is 19.0 Å². The Morgan fingerprint density at radius 3 is 1.49 bits per heavy atom. The zero-order chi connectivity index (χ0) is 46.2. The van der Waals surface area contributed by atoms with Gasteiger partial charge >= 0.3 is 11.9 Å². The first-order chi connectivity index (χ1) is 30.5. The summed E-state index contributed by atoms with van der Waals surface area (Å²) in [5.41, 5.74) is 0. The van der Waals surface area contributed by atoms with Crippen LogP contribution in [0.3, 0.4) is 0 Å². The third-order valence-corrected chi connectivity index (χ3v) is 12.0. The van der Waals surface area contributed by atoms with E-state index in [4.69, 9.17) is 18.9 Å². The number of aliphatic hydroxyl groups excluding tert-OH is 3. The van der Waals surface area contributed by atoms with Crippen LogP contribution < -0.4 is 0 Å². The molecule has 6 atom stereocenters. The number of hydrogen-bond donors (Lipinski definition) is 4. The number of unbranched alkanes of at least 4 members (excludes halogenated alkanes) is 24. The number of carbonyl (C=O) groups is 2. The molecular weight excluding hydrogens is 825 g/mol. The topological polar surface area (TPSA) is 186 Å². The van der Waals surface area contributed by atoms with E-state index < -0.39 is 71.2 Å². The molecule has 1 aliphatic rings. The number of carbonyl (C=O) groups excluding carboxylic acids is 2. The summed E-state index contributed by atoms with van der Waals surface area (Å²) in [6.45, 7) is 3.62. The van der Waals surface area contributed by atoms with Crippen LogP contribution in [0, 0.1) is 0 Å². The van der Waals surface area contributed by atoms with Crippen LogP contribution in [0.2, 0.25) is 0 Å². The van der Waals surface area contributed by atoms with Crippen LogP contribution in [0.4, 0.5) is 0 Å². The molecule has 0 saturated carbocycles. The van der Waals surface area contributed by atoms with Crippen molar-refractivity contribution in [3.05, 3.63) is 48.6 Å². The highest BCUT2D eigenvalue weighted by molar-refractivity contribution is 7.85. The smallest absolute Gasteiger partial charge is 0.306 e. The van der Waals surface area contributed by atoms with Crippen molar-refractivity contribution in [1.29, 1.82) is 0 Å². The maximum atomic E-state index is 12.8. The minimum absolute atomic E-state index is 0.138. The van der Waals surface area contributed by atoms with Gasteiger partial charge in [-0.25, -0.2) is 0 Å². The Morgan fingerprint density at radius 1 is 0.556 bits per heavy atom. The molecule has 0 aromatic heterocycles. The lowest BCUT2D eigenvalue weighted by Crippen LogP contribution is -2.60. The normalized spacial score (nSPS) is 20.1. The van der Waals surface area contributed by atoms with Gasteiger partial charge in [-0.3, -0.25) is 14.1 Å². The van der Waals surface area contributed by atoms with E-state index in [1.165, 1.54) is 103 Å². The van der Waals surface area contributed by atoms with Crippen LogP contribution in [0.1, 0.15) is 200 Å². The van der Waals surface area contributed by atoms with Gasteiger partial charge in [-0.05, 0) is 32.1 Å². The fourth-order valence-corrected chi connectivity index (χ4v) is 8.14. The van der Waals surface area contributed by atoms with E-state index in [0.29, 0.717) is 12.8 Å². The van der Waals surface area contributed by atoms with Gasteiger partial charge in [0.15, 0.2) is 12.4 Å². The van der Waals surface area contributed by atoms with Crippen LogP contribution in [0.5, 0.6) is 0 Å². The van der Waals surface area contributed by atoms with Gasteiger partial charge in [-0.2, -0.15) is 8.42 Å². The Balaban J connectivity index is 2.38. The standard InChI is InChI=1S/C50H88O12S/c1-3-5-7-9-11-13-15-17-19-20-21-22-23-25-26-28-30-32-34-36-38-45(51)59-40-43(41-60-50-49(55)48(54)47(53)44(62-50)42-63(56,57)58)61-46(52)39-37-35-33-31-29-27-24-18-16-14-12-10-8-6-4-2/h6,8,10,12,14,16,18,24,43-44,47-50,53-55H,3-5,7,9,11,13,15,17,19-23,25-42H2,1-2H3,(H,56,57,58)/b8-6+,12-10+,16-14+,24-18+/t43-,44-,47-,48?,49?,50+/m1/s1. The largest absolute Gasteiger partial charge is 0.462 e. The second-order valence-corrected chi connectivity index (χ2v) is 18.7. The number of ether oxygens (including phenoxy) is 4. The first-order valence-corrected chi connectivity index (χ1v) is 26.4.